The van der Waals surface area contributed by atoms with Crippen molar-refractivity contribution in [2.75, 3.05) is 0 Å². The lowest BCUT2D eigenvalue weighted by Crippen LogP contribution is -2.22. The van der Waals surface area contributed by atoms with Gasteiger partial charge in [-0.2, -0.15) is 5.10 Å². The third-order valence-electron chi connectivity index (χ3n) is 2.44. The zero-order chi connectivity index (χ0) is 14.9. The van der Waals surface area contributed by atoms with Crippen molar-refractivity contribution in [3.8, 4) is 0 Å². The van der Waals surface area contributed by atoms with E-state index in [1.807, 2.05) is 0 Å². The summed E-state index contributed by atoms with van der Waals surface area (Å²) in [5.41, 5.74) is 6.19. The van der Waals surface area contributed by atoms with Gasteiger partial charge in [-0.05, 0) is 12.2 Å². The maximum atomic E-state index is 13.7. The first-order chi connectivity index (χ1) is 9.40. The molecule has 0 aromatic heterocycles. The molecule has 1 aromatic carbocycles. The predicted octanol–water partition coefficient (Wildman–Crippen LogP) is 2.01. The maximum Gasteiger partial charge on any atom is 0.251 e. The molecule has 1 amide bonds. The largest absolute Gasteiger partial charge is 0.366 e. The minimum Gasteiger partial charge on any atom is -0.366 e. The van der Waals surface area contributed by atoms with E-state index in [-0.39, 0.29) is 10.9 Å². The van der Waals surface area contributed by atoms with Crippen LogP contribution in [0.25, 0.3) is 5.57 Å². The second-order valence-electron chi connectivity index (χ2n) is 3.78. The molecule has 2 rings (SSSR count). The average Bonchev–Trinajstić information content (AvgIpc) is 2.34. The molecule has 0 spiro atoms. The number of rotatable bonds is 2. The number of benzene rings is 1. The number of nitrogens with one attached hydrogen (secondary N) is 1. The van der Waals surface area contributed by atoms with E-state index in [1.165, 1.54) is 12.2 Å². The fraction of sp³-hybridized carbons (Fsp3) is 0. The quantitative estimate of drug-likeness (QED) is 0.821. The van der Waals surface area contributed by atoms with Crippen molar-refractivity contribution in [2.45, 2.75) is 0 Å². The van der Waals surface area contributed by atoms with Crippen LogP contribution in [0.4, 0.5) is 13.2 Å². The first kappa shape index (κ1) is 14.1. The molecule has 3 N–H and O–H groups in total. The Bertz CT molecular complexity index is 660. The lowest BCUT2D eigenvalue weighted by atomic mass is 10.0. The molecule has 0 bridgehead atoms. The van der Waals surface area contributed by atoms with Gasteiger partial charge in [-0.15, -0.1) is 0 Å². The summed E-state index contributed by atoms with van der Waals surface area (Å²) < 4.78 is 40.3. The van der Waals surface area contributed by atoms with Crippen LogP contribution >= 0.6 is 11.6 Å². The highest BCUT2D eigenvalue weighted by Gasteiger charge is 2.23. The summed E-state index contributed by atoms with van der Waals surface area (Å²) >= 11 is 5.56. The molecule has 8 heteroatoms. The van der Waals surface area contributed by atoms with Crippen LogP contribution in [-0.4, -0.2) is 11.1 Å². The summed E-state index contributed by atoms with van der Waals surface area (Å²) in [5.74, 6) is -4.71. The highest BCUT2D eigenvalue weighted by atomic mass is 35.5. The van der Waals surface area contributed by atoms with Crippen LogP contribution in [0.1, 0.15) is 5.56 Å². The summed E-state index contributed by atoms with van der Waals surface area (Å²) in [6, 6.07) is 0.898. The van der Waals surface area contributed by atoms with Crippen LogP contribution in [0, 0.1) is 17.5 Å². The third kappa shape index (κ3) is 2.67. The van der Waals surface area contributed by atoms with E-state index in [0.717, 1.165) is 0 Å². The summed E-state index contributed by atoms with van der Waals surface area (Å²) in [6.45, 7) is 0. The molecule has 0 saturated carbocycles. The molecule has 0 unspecified atom stereocenters. The Kier molecular flexibility index (Phi) is 3.80. The van der Waals surface area contributed by atoms with Crippen LogP contribution in [0.5, 0.6) is 0 Å². The number of halogens is 4. The average molecular weight is 302 g/mol. The van der Waals surface area contributed by atoms with Crippen molar-refractivity contribution in [1.29, 1.82) is 0 Å². The normalized spacial score (nSPS) is 16.5. The van der Waals surface area contributed by atoms with Crippen molar-refractivity contribution in [1.82, 2.24) is 5.43 Å². The molecule has 4 nitrogen and oxygen atoms in total. The Morgan fingerprint density at radius 3 is 2.25 bits per heavy atom. The van der Waals surface area contributed by atoms with Crippen molar-refractivity contribution in [3.05, 3.63) is 53.0 Å². The van der Waals surface area contributed by atoms with Gasteiger partial charge in [0.2, 0.25) is 0 Å². The van der Waals surface area contributed by atoms with E-state index in [2.05, 4.69) is 10.5 Å². The molecule has 0 atom stereocenters. The minimum atomic E-state index is -1.25. The smallest absolute Gasteiger partial charge is 0.251 e. The molecular formula is C12H7ClF3N3O. The van der Waals surface area contributed by atoms with Crippen LogP contribution in [0.15, 0.2) is 35.1 Å². The van der Waals surface area contributed by atoms with Crippen molar-refractivity contribution < 1.29 is 18.0 Å². The molecule has 0 radical (unpaired) electrons. The van der Waals surface area contributed by atoms with Gasteiger partial charge in [0.15, 0.2) is 0 Å². The first-order valence-corrected chi connectivity index (χ1v) is 5.64. The van der Waals surface area contributed by atoms with Gasteiger partial charge < -0.3 is 5.73 Å². The monoisotopic (exact) mass is 301 g/mol. The molecule has 0 saturated heterocycles. The minimum absolute atomic E-state index is 0.0497. The molecule has 1 aliphatic heterocycles. The number of carbonyl (C=O) groups is 1. The Morgan fingerprint density at radius 1 is 1.20 bits per heavy atom. The number of amides is 1. The van der Waals surface area contributed by atoms with E-state index in [0.29, 0.717) is 12.1 Å². The number of primary amides is 1. The number of allylic oxidation sites excluding steroid dienone is 2. The summed E-state index contributed by atoms with van der Waals surface area (Å²) in [5, 5.41) is 3.66. The van der Waals surface area contributed by atoms with E-state index < -0.39 is 34.5 Å². The number of hydrogen-bond donors (Lipinski definition) is 2. The predicted molar refractivity (Wildman–Crippen MR) is 68.0 cm³/mol. The summed E-state index contributed by atoms with van der Waals surface area (Å²) in [4.78, 5) is 11.5. The van der Waals surface area contributed by atoms with E-state index in [4.69, 9.17) is 17.3 Å². The number of hydrazone groups is 1. The first-order valence-electron chi connectivity index (χ1n) is 5.26. The molecule has 1 heterocycles. The Labute approximate surface area is 116 Å². The molecule has 1 aromatic rings. The Morgan fingerprint density at radius 2 is 1.80 bits per heavy atom. The molecule has 0 fully saturated rings. The molecular weight excluding hydrogens is 295 g/mol. The lowest BCUT2D eigenvalue weighted by Gasteiger charge is -2.13. The second kappa shape index (κ2) is 5.38. The molecule has 104 valence electrons. The van der Waals surface area contributed by atoms with Gasteiger partial charge in [0.05, 0.1) is 16.8 Å². The van der Waals surface area contributed by atoms with Crippen molar-refractivity contribution in [2.24, 2.45) is 10.8 Å². The second-order valence-corrected chi connectivity index (χ2v) is 4.16. The number of carbonyl (C=O) groups excluding carboxylic acids is 1. The molecule has 1 aliphatic rings. The highest BCUT2D eigenvalue weighted by Crippen LogP contribution is 2.26. The van der Waals surface area contributed by atoms with Gasteiger partial charge in [0, 0.05) is 12.1 Å². The number of nitrogens with two attached hydrogens (primary N) is 1. The van der Waals surface area contributed by atoms with Gasteiger partial charge >= 0.3 is 0 Å². The Hall–Kier alpha value is -2.28. The highest BCUT2D eigenvalue weighted by molar-refractivity contribution is 6.68. The lowest BCUT2D eigenvalue weighted by molar-refractivity contribution is -0.112. The summed E-state index contributed by atoms with van der Waals surface area (Å²) in [6.07, 6.45) is 2.58. The molecule has 20 heavy (non-hydrogen) atoms. The van der Waals surface area contributed by atoms with Crippen molar-refractivity contribution >= 4 is 28.3 Å². The van der Waals surface area contributed by atoms with Gasteiger partial charge in [-0.1, -0.05) is 11.6 Å². The topological polar surface area (TPSA) is 67.5 Å². The maximum absolute atomic E-state index is 13.7. The van der Waals surface area contributed by atoms with Gasteiger partial charge in [-0.3, -0.25) is 10.2 Å². The van der Waals surface area contributed by atoms with Crippen LogP contribution in [-0.2, 0) is 4.79 Å². The zero-order valence-electron chi connectivity index (χ0n) is 9.75. The Balaban J connectivity index is 2.66. The van der Waals surface area contributed by atoms with Crippen LogP contribution < -0.4 is 11.2 Å². The van der Waals surface area contributed by atoms with Crippen molar-refractivity contribution in [3.63, 3.8) is 0 Å². The zero-order valence-corrected chi connectivity index (χ0v) is 10.5. The van der Waals surface area contributed by atoms with Gasteiger partial charge in [0.25, 0.3) is 5.91 Å². The third-order valence-corrected chi connectivity index (χ3v) is 2.65. The fourth-order valence-electron chi connectivity index (χ4n) is 1.65. The van der Waals surface area contributed by atoms with Crippen LogP contribution in [0.3, 0.4) is 0 Å². The molecule has 0 aliphatic carbocycles. The van der Waals surface area contributed by atoms with Gasteiger partial charge in [-0.25, -0.2) is 13.2 Å². The van der Waals surface area contributed by atoms with Crippen LogP contribution in [0.2, 0.25) is 0 Å². The fourth-order valence-corrected chi connectivity index (χ4v) is 1.76. The van der Waals surface area contributed by atoms with Gasteiger partial charge in [0.1, 0.15) is 22.6 Å². The number of nitrogens with zero attached hydrogens (tertiary/aromatic N) is 1. The van der Waals surface area contributed by atoms with E-state index in [9.17, 15) is 18.0 Å². The summed E-state index contributed by atoms with van der Waals surface area (Å²) in [7, 11) is 0. The standard InChI is InChI=1S/C12H7ClF3N3O/c13-9-2-1-8(18-19-9)11(12(17)20)10-6(15)3-5(14)4-7(10)16/h1-4,18H,(H2,17,20)/b11-8-. The van der Waals surface area contributed by atoms with E-state index in [1.54, 1.807) is 0 Å². The SMILES string of the molecule is NC(=O)/C(=C1/C=CC(Cl)=NN1)c1c(F)cc(F)cc1F. The number of hydrogen-bond acceptors (Lipinski definition) is 3. The van der Waals surface area contributed by atoms with E-state index >= 15 is 0 Å².